The van der Waals surface area contributed by atoms with Crippen LogP contribution in [0.1, 0.15) is 5.56 Å². The van der Waals surface area contributed by atoms with Crippen LogP contribution in [0, 0.1) is 6.92 Å². The number of ether oxygens (including phenoxy) is 1. The summed E-state index contributed by atoms with van der Waals surface area (Å²) in [5, 5.41) is 6.17. The quantitative estimate of drug-likeness (QED) is 0.734. The van der Waals surface area contributed by atoms with Crippen molar-refractivity contribution >= 4 is 56.5 Å². The first-order valence-corrected chi connectivity index (χ1v) is 8.28. The molecule has 4 nitrogen and oxygen atoms in total. The van der Waals surface area contributed by atoms with E-state index in [0.29, 0.717) is 16.5 Å². The van der Waals surface area contributed by atoms with Crippen LogP contribution in [0.2, 0.25) is 5.02 Å². The van der Waals surface area contributed by atoms with Gasteiger partial charge in [0.05, 0.1) is 5.02 Å². The molecule has 0 heterocycles. The Bertz CT molecular complexity index is 740. The Morgan fingerprint density at radius 3 is 2.74 bits per heavy atom. The fraction of sp³-hybridized carbons (Fsp3) is 0.125. The van der Waals surface area contributed by atoms with E-state index in [1.807, 2.05) is 31.2 Å². The van der Waals surface area contributed by atoms with Gasteiger partial charge < -0.3 is 10.1 Å². The van der Waals surface area contributed by atoms with Gasteiger partial charge in [-0.05, 0) is 64.9 Å². The molecular formula is C16H14BrClN2O2S. The molecule has 2 N–H and O–H groups in total. The molecule has 120 valence electrons. The molecule has 1 amide bonds. The predicted octanol–water partition coefficient (Wildman–Crippen LogP) is 4.30. The van der Waals surface area contributed by atoms with Gasteiger partial charge in [-0.1, -0.05) is 29.8 Å². The molecule has 0 saturated carbocycles. The summed E-state index contributed by atoms with van der Waals surface area (Å²) in [7, 11) is 0. The van der Waals surface area contributed by atoms with Crippen molar-refractivity contribution in [3.05, 3.63) is 57.5 Å². The molecule has 0 aliphatic heterocycles. The molecule has 0 bridgehead atoms. The van der Waals surface area contributed by atoms with Crippen molar-refractivity contribution in [1.82, 2.24) is 5.32 Å². The lowest BCUT2D eigenvalue weighted by molar-refractivity contribution is -0.121. The number of amides is 1. The number of hydrogen-bond acceptors (Lipinski definition) is 3. The second-order valence-electron chi connectivity index (χ2n) is 4.69. The minimum atomic E-state index is -0.339. The first-order valence-electron chi connectivity index (χ1n) is 6.70. The van der Waals surface area contributed by atoms with Crippen LogP contribution in [-0.4, -0.2) is 17.6 Å². The van der Waals surface area contributed by atoms with Crippen LogP contribution < -0.4 is 15.4 Å². The van der Waals surface area contributed by atoms with Crippen molar-refractivity contribution in [2.24, 2.45) is 0 Å². The highest BCUT2D eigenvalue weighted by molar-refractivity contribution is 9.10. The van der Waals surface area contributed by atoms with E-state index in [0.717, 1.165) is 10.0 Å². The number of hydrogen-bond donors (Lipinski definition) is 2. The van der Waals surface area contributed by atoms with Crippen LogP contribution in [0.4, 0.5) is 5.69 Å². The summed E-state index contributed by atoms with van der Waals surface area (Å²) >= 11 is 14.4. The summed E-state index contributed by atoms with van der Waals surface area (Å²) < 4.78 is 6.24. The Morgan fingerprint density at radius 2 is 2.04 bits per heavy atom. The minimum Gasteiger partial charge on any atom is -0.483 e. The van der Waals surface area contributed by atoms with Gasteiger partial charge in [0.15, 0.2) is 11.7 Å². The molecule has 23 heavy (non-hydrogen) atoms. The van der Waals surface area contributed by atoms with Crippen LogP contribution in [0.3, 0.4) is 0 Å². The Labute approximate surface area is 153 Å². The number of nitrogens with one attached hydrogen (secondary N) is 2. The van der Waals surface area contributed by atoms with Crippen molar-refractivity contribution in [3.63, 3.8) is 0 Å². The summed E-state index contributed by atoms with van der Waals surface area (Å²) in [5.41, 5.74) is 1.65. The van der Waals surface area contributed by atoms with Crippen molar-refractivity contribution in [2.45, 2.75) is 6.92 Å². The zero-order valence-electron chi connectivity index (χ0n) is 12.2. The smallest absolute Gasteiger partial charge is 0.264 e. The van der Waals surface area contributed by atoms with Gasteiger partial charge in [-0.2, -0.15) is 0 Å². The highest BCUT2D eigenvalue weighted by atomic mass is 79.9. The van der Waals surface area contributed by atoms with Gasteiger partial charge in [0.2, 0.25) is 0 Å². The second-order valence-corrected chi connectivity index (χ2v) is 6.36. The normalized spacial score (nSPS) is 10.0. The third-order valence-electron chi connectivity index (χ3n) is 2.88. The number of anilines is 1. The molecular weight excluding hydrogens is 400 g/mol. The highest BCUT2D eigenvalue weighted by Crippen LogP contribution is 2.25. The molecule has 2 aromatic carbocycles. The first-order chi connectivity index (χ1) is 11.0. The molecule has 7 heteroatoms. The molecule has 0 radical (unpaired) electrons. The van der Waals surface area contributed by atoms with Crippen LogP contribution in [0.5, 0.6) is 5.75 Å². The summed E-state index contributed by atoms with van der Waals surface area (Å²) in [5.74, 6) is 0.329. The number of thiocarbonyl (C=S) groups is 1. The summed E-state index contributed by atoms with van der Waals surface area (Å²) in [6.45, 7) is 1.80. The standard InChI is InChI=1S/C16H14BrClN2O2S/c1-10-4-2-3-5-14(10)22-9-15(21)20-16(23)19-11-6-7-12(17)13(18)8-11/h2-8H,9H2,1H3,(H2,19,20,21,23). The monoisotopic (exact) mass is 412 g/mol. The molecule has 0 aliphatic rings. The zero-order chi connectivity index (χ0) is 16.8. The molecule has 0 fully saturated rings. The lowest BCUT2D eigenvalue weighted by atomic mass is 10.2. The molecule has 0 spiro atoms. The van der Waals surface area contributed by atoms with Crippen molar-refractivity contribution in [2.75, 3.05) is 11.9 Å². The Hall–Kier alpha value is -1.63. The number of rotatable bonds is 4. The van der Waals surface area contributed by atoms with Crippen molar-refractivity contribution in [3.8, 4) is 5.75 Å². The Kier molecular flexibility index (Phi) is 6.38. The van der Waals surface area contributed by atoms with Gasteiger partial charge in [-0.3, -0.25) is 10.1 Å². The van der Waals surface area contributed by atoms with Gasteiger partial charge in [0.1, 0.15) is 5.75 Å². The van der Waals surface area contributed by atoms with Crippen LogP contribution >= 0.6 is 39.7 Å². The third kappa shape index (κ3) is 5.49. The predicted molar refractivity (Wildman–Crippen MR) is 100 cm³/mol. The van der Waals surface area contributed by atoms with Crippen molar-refractivity contribution in [1.29, 1.82) is 0 Å². The first kappa shape index (κ1) is 17.7. The fourth-order valence-electron chi connectivity index (χ4n) is 1.76. The maximum Gasteiger partial charge on any atom is 0.264 e. The number of carbonyl (C=O) groups excluding carboxylic acids is 1. The second kappa shape index (κ2) is 8.29. The summed E-state index contributed by atoms with van der Waals surface area (Å²) in [6.07, 6.45) is 0. The highest BCUT2D eigenvalue weighted by Gasteiger charge is 2.08. The average Bonchev–Trinajstić information content (AvgIpc) is 2.50. The maximum atomic E-state index is 11.9. The van der Waals surface area contributed by atoms with Gasteiger partial charge in [0, 0.05) is 10.2 Å². The van der Waals surface area contributed by atoms with Crippen LogP contribution in [-0.2, 0) is 4.79 Å². The van der Waals surface area contributed by atoms with Gasteiger partial charge >= 0.3 is 0 Å². The third-order valence-corrected chi connectivity index (χ3v) is 4.32. The Balaban J connectivity index is 1.84. The van der Waals surface area contributed by atoms with E-state index in [1.54, 1.807) is 18.2 Å². The molecule has 0 aromatic heterocycles. The fourth-order valence-corrected chi connectivity index (χ4v) is 2.42. The van der Waals surface area contributed by atoms with E-state index >= 15 is 0 Å². The van der Waals surface area contributed by atoms with Gasteiger partial charge in [-0.15, -0.1) is 0 Å². The zero-order valence-corrected chi connectivity index (χ0v) is 15.4. The number of para-hydroxylation sites is 1. The topological polar surface area (TPSA) is 50.4 Å². The van der Waals surface area contributed by atoms with E-state index in [2.05, 4.69) is 26.6 Å². The van der Waals surface area contributed by atoms with Crippen LogP contribution in [0.25, 0.3) is 0 Å². The lowest BCUT2D eigenvalue weighted by Gasteiger charge is -2.11. The number of benzene rings is 2. The van der Waals surface area contributed by atoms with E-state index in [1.165, 1.54) is 0 Å². The van der Waals surface area contributed by atoms with E-state index in [-0.39, 0.29) is 17.6 Å². The summed E-state index contributed by atoms with van der Waals surface area (Å²) in [4.78, 5) is 11.9. The molecule has 2 rings (SSSR count). The van der Waals surface area contributed by atoms with Crippen molar-refractivity contribution < 1.29 is 9.53 Å². The van der Waals surface area contributed by atoms with Gasteiger partial charge in [-0.25, -0.2) is 0 Å². The van der Waals surface area contributed by atoms with Gasteiger partial charge in [0.25, 0.3) is 5.91 Å². The average molecular weight is 414 g/mol. The van der Waals surface area contributed by atoms with E-state index in [4.69, 9.17) is 28.6 Å². The number of halogens is 2. The minimum absolute atomic E-state index is 0.117. The SMILES string of the molecule is Cc1ccccc1OCC(=O)NC(=S)Nc1ccc(Br)c(Cl)c1. The number of aryl methyl sites for hydroxylation is 1. The largest absolute Gasteiger partial charge is 0.483 e. The molecule has 0 unspecified atom stereocenters. The molecule has 2 aromatic rings. The van der Waals surface area contributed by atoms with Crippen LogP contribution in [0.15, 0.2) is 46.9 Å². The van der Waals surface area contributed by atoms with E-state index in [9.17, 15) is 4.79 Å². The molecule has 0 saturated heterocycles. The maximum absolute atomic E-state index is 11.9. The lowest BCUT2D eigenvalue weighted by Crippen LogP contribution is -2.37. The Morgan fingerprint density at radius 1 is 1.30 bits per heavy atom. The summed E-state index contributed by atoms with van der Waals surface area (Å²) in [6, 6.07) is 12.8. The molecule has 0 aliphatic carbocycles. The van der Waals surface area contributed by atoms with E-state index < -0.39 is 0 Å². The molecule has 0 atom stereocenters. The number of carbonyl (C=O) groups is 1.